The number of aryl methyl sites for hydroxylation is 1. The standard InChI is InChI=1S/C6H8N2O5S/c1-3-14(11,12)6-5(8(9)10)4(2)7-13-6/h3H2,1-2H3. The normalized spacial score (nSPS) is 11.6. The number of aromatic nitrogens is 1. The molecule has 0 saturated heterocycles. The first-order chi connectivity index (χ1) is 6.40. The van der Waals surface area contributed by atoms with E-state index in [4.69, 9.17) is 0 Å². The maximum atomic E-state index is 11.3. The van der Waals surface area contributed by atoms with Gasteiger partial charge in [0.25, 0.3) is 0 Å². The van der Waals surface area contributed by atoms with Crippen molar-refractivity contribution < 1.29 is 17.9 Å². The van der Waals surface area contributed by atoms with E-state index in [2.05, 4.69) is 9.68 Å². The van der Waals surface area contributed by atoms with E-state index >= 15 is 0 Å². The van der Waals surface area contributed by atoms with Crippen molar-refractivity contribution in [1.82, 2.24) is 5.16 Å². The molecule has 0 saturated carbocycles. The van der Waals surface area contributed by atoms with Crippen LogP contribution in [0.15, 0.2) is 9.62 Å². The molecular formula is C6H8N2O5S. The van der Waals surface area contributed by atoms with Crippen molar-refractivity contribution in [1.29, 1.82) is 0 Å². The van der Waals surface area contributed by atoms with Gasteiger partial charge in [0.2, 0.25) is 9.84 Å². The average Bonchev–Trinajstić information content (AvgIpc) is 2.47. The minimum Gasteiger partial charge on any atom is -0.337 e. The number of rotatable bonds is 3. The van der Waals surface area contributed by atoms with Gasteiger partial charge in [0.05, 0.1) is 10.7 Å². The van der Waals surface area contributed by atoms with E-state index in [0.29, 0.717) is 0 Å². The van der Waals surface area contributed by atoms with Crippen molar-refractivity contribution >= 4 is 15.5 Å². The maximum Gasteiger partial charge on any atom is 0.350 e. The lowest BCUT2D eigenvalue weighted by molar-refractivity contribution is -0.389. The number of sulfone groups is 1. The second-order valence-electron chi connectivity index (χ2n) is 2.56. The predicted molar refractivity (Wildman–Crippen MR) is 45.6 cm³/mol. The fourth-order valence-corrected chi connectivity index (χ4v) is 1.82. The summed E-state index contributed by atoms with van der Waals surface area (Å²) in [6.07, 6.45) is 0. The monoisotopic (exact) mass is 220 g/mol. The van der Waals surface area contributed by atoms with Gasteiger partial charge in [0.1, 0.15) is 0 Å². The van der Waals surface area contributed by atoms with Crippen LogP contribution in [0.3, 0.4) is 0 Å². The van der Waals surface area contributed by atoms with Gasteiger partial charge in [-0.2, -0.15) is 0 Å². The smallest absolute Gasteiger partial charge is 0.337 e. The van der Waals surface area contributed by atoms with E-state index in [1.165, 1.54) is 13.8 Å². The quantitative estimate of drug-likeness (QED) is 0.548. The first-order valence-electron chi connectivity index (χ1n) is 3.73. The summed E-state index contributed by atoms with van der Waals surface area (Å²) in [5.41, 5.74) is -0.617. The topological polar surface area (TPSA) is 103 Å². The summed E-state index contributed by atoms with van der Waals surface area (Å²) < 4.78 is 27.0. The Kier molecular flexibility index (Phi) is 2.56. The Balaban J connectivity index is 3.45. The maximum absolute atomic E-state index is 11.3. The molecule has 0 spiro atoms. The van der Waals surface area contributed by atoms with Gasteiger partial charge in [-0.05, 0) is 6.92 Å². The highest BCUT2D eigenvalue weighted by atomic mass is 32.2. The number of hydrogen-bond acceptors (Lipinski definition) is 6. The fraction of sp³-hybridized carbons (Fsp3) is 0.500. The number of nitro groups is 1. The molecule has 0 amide bonds. The second kappa shape index (κ2) is 3.37. The summed E-state index contributed by atoms with van der Waals surface area (Å²) in [4.78, 5) is 9.70. The van der Waals surface area contributed by atoms with Crippen LogP contribution in [0.2, 0.25) is 0 Å². The molecule has 0 aromatic carbocycles. The predicted octanol–water partition coefficient (Wildman–Crippen LogP) is 0.685. The Morgan fingerprint density at radius 3 is 2.57 bits per heavy atom. The molecular weight excluding hydrogens is 212 g/mol. The zero-order valence-electron chi connectivity index (χ0n) is 7.55. The third kappa shape index (κ3) is 1.60. The minimum atomic E-state index is -3.72. The van der Waals surface area contributed by atoms with Gasteiger partial charge in [-0.3, -0.25) is 10.1 Å². The molecule has 1 aromatic rings. The Bertz CT molecular complexity index is 461. The van der Waals surface area contributed by atoms with Gasteiger partial charge in [-0.25, -0.2) is 8.42 Å². The molecule has 0 aliphatic rings. The highest BCUT2D eigenvalue weighted by Crippen LogP contribution is 2.27. The number of hydrogen-bond donors (Lipinski definition) is 0. The fourth-order valence-electron chi connectivity index (χ4n) is 0.886. The number of nitrogens with zero attached hydrogens (tertiary/aromatic N) is 2. The van der Waals surface area contributed by atoms with Crippen molar-refractivity contribution in [3.05, 3.63) is 15.8 Å². The third-order valence-corrected chi connectivity index (χ3v) is 3.24. The molecule has 7 nitrogen and oxygen atoms in total. The van der Waals surface area contributed by atoms with E-state index in [1.807, 2.05) is 0 Å². The summed E-state index contributed by atoms with van der Waals surface area (Å²) >= 11 is 0. The molecule has 0 N–H and O–H groups in total. The summed E-state index contributed by atoms with van der Waals surface area (Å²) in [7, 11) is -3.72. The lowest BCUT2D eigenvalue weighted by atomic mass is 10.4. The van der Waals surface area contributed by atoms with Crippen LogP contribution in [0, 0.1) is 17.0 Å². The van der Waals surface area contributed by atoms with E-state index < -0.39 is 25.5 Å². The molecule has 1 heterocycles. The van der Waals surface area contributed by atoms with Crippen LogP contribution in [0.1, 0.15) is 12.6 Å². The van der Waals surface area contributed by atoms with Gasteiger partial charge in [-0.1, -0.05) is 12.1 Å². The highest BCUT2D eigenvalue weighted by Gasteiger charge is 2.33. The van der Waals surface area contributed by atoms with Crippen LogP contribution in [-0.2, 0) is 9.84 Å². The highest BCUT2D eigenvalue weighted by molar-refractivity contribution is 7.91. The van der Waals surface area contributed by atoms with E-state index in [0.717, 1.165) is 0 Å². The van der Waals surface area contributed by atoms with Gasteiger partial charge in [0.15, 0.2) is 5.69 Å². The van der Waals surface area contributed by atoms with Crippen molar-refractivity contribution in [3.63, 3.8) is 0 Å². The lowest BCUT2D eigenvalue weighted by Gasteiger charge is -1.93. The molecule has 1 aromatic heterocycles. The van der Waals surface area contributed by atoms with Crippen molar-refractivity contribution in [3.8, 4) is 0 Å². The Morgan fingerprint density at radius 1 is 1.57 bits per heavy atom. The van der Waals surface area contributed by atoms with Crippen LogP contribution in [0.25, 0.3) is 0 Å². The van der Waals surface area contributed by atoms with E-state index in [1.54, 1.807) is 0 Å². The Labute approximate surface area is 79.8 Å². The van der Waals surface area contributed by atoms with Crippen LogP contribution in [-0.4, -0.2) is 24.3 Å². The first-order valence-corrected chi connectivity index (χ1v) is 5.38. The first kappa shape index (κ1) is 10.6. The molecule has 14 heavy (non-hydrogen) atoms. The average molecular weight is 220 g/mol. The third-order valence-electron chi connectivity index (χ3n) is 1.65. The zero-order chi connectivity index (χ0) is 10.9. The van der Waals surface area contributed by atoms with Crippen molar-refractivity contribution in [2.75, 3.05) is 5.75 Å². The van der Waals surface area contributed by atoms with Gasteiger partial charge >= 0.3 is 10.8 Å². The largest absolute Gasteiger partial charge is 0.350 e. The summed E-state index contributed by atoms with van der Waals surface area (Å²) in [5.74, 6) is -0.261. The van der Waals surface area contributed by atoms with Gasteiger partial charge < -0.3 is 4.52 Å². The van der Waals surface area contributed by atoms with Crippen molar-refractivity contribution in [2.45, 2.75) is 18.9 Å². The second-order valence-corrected chi connectivity index (χ2v) is 4.74. The van der Waals surface area contributed by atoms with Crippen LogP contribution in [0.4, 0.5) is 5.69 Å². The molecule has 0 atom stereocenters. The SMILES string of the molecule is CCS(=O)(=O)c1onc(C)c1[N+](=O)[O-]. The molecule has 1 rings (SSSR count). The molecule has 0 unspecified atom stereocenters. The molecule has 0 aliphatic carbocycles. The van der Waals surface area contributed by atoms with Crippen molar-refractivity contribution in [2.24, 2.45) is 0 Å². The molecule has 0 radical (unpaired) electrons. The summed E-state index contributed by atoms with van der Waals surface area (Å²) in [6.45, 7) is 2.69. The zero-order valence-corrected chi connectivity index (χ0v) is 8.37. The van der Waals surface area contributed by atoms with Crippen LogP contribution >= 0.6 is 0 Å². The van der Waals surface area contributed by atoms with Gasteiger partial charge in [-0.15, -0.1) is 0 Å². The molecule has 0 aliphatic heterocycles. The molecule has 0 bridgehead atoms. The molecule has 0 fully saturated rings. The van der Waals surface area contributed by atoms with Gasteiger partial charge in [0, 0.05) is 0 Å². The summed E-state index contributed by atoms with van der Waals surface area (Å²) in [6, 6.07) is 0. The van der Waals surface area contributed by atoms with E-state index in [9.17, 15) is 18.5 Å². The van der Waals surface area contributed by atoms with E-state index in [-0.39, 0.29) is 11.4 Å². The Hall–Kier alpha value is -1.44. The van der Waals surface area contributed by atoms with Crippen LogP contribution < -0.4 is 0 Å². The van der Waals surface area contributed by atoms with Crippen LogP contribution in [0.5, 0.6) is 0 Å². The molecule has 8 heteroatoms. The molecule has 78 valence electrons. The minimum absolute atomic E-state index is 0.0398. The lowest BCUT2D eigenvalue weighted by Crippen LogP contribution is -2.05. The Morgan fingerprint density at radius 2 is 2.14 bits per heavy atom. The summed E-state index contributed by atoms with van der Waals surface area (Å²) in [5, 5.41) is 13.1.